The molecule has 3 nitrogen and oxygen atoms in total. The predicted octanol–water partition coefficient (Wildman–Crippen LogP) is 0.484. The third-order valence-electron chi connectivity index (χ3n) is 0.277. The molecular formula is C2H6ClNO2S2. The van der Waals surface area contributed by atoms with Crippen LogP contribution in [0, 0.1) is 0 Å². The van der Waals surface area contributed by atoms with E-state index in [1.165, 1.54) is 0 Å². The zero-order valence-electron chi connectivity index (χ0n) is 3.81. The van der Waals surface area contributed by atoms with Crippen LogP contribution in [0.3, 0.4) is 0 Å². The summed E-state index contributed by atoms with van der Waals surface area (Å²) in [5.74, 6) is -0.940. The fraction of sp³-hybridized carbons (Fsp3) is 0.500. The Morgan fingerprint density at radius 3 is 2.00 bits per heavy atom. The lowest BCUT2D eigenvalue weighted by atomic mass is 10.7. The van der Waals surface area contributed by atoms with E-state index < -0.39 is 5.97 Å². The summed E-state index contributed by atoms with van der Waals surface area (Å²) in [6.45, 7) is -0.160. The van der Waals surface area contributed by atoms with Crippen LogP contribution in [-0.4, -0.2) is 21.3 Å². The van der Waals surface area contributed by atoms with Gasteiger partial charge in [-0.05, 0) is 0 Å². The molecule has 0 fully saturated rings. The summed E-state index contributed by atoms with van der Waals surface area (Å²) in [6.07, 6.45) is 0. The Balaban J connectivity index is 0. The Morgan fingerprint density at radius 2 is 2.00 bits per heavy atom. The minimum absolute atomic E-state index is 0. The highest BCUT2D eigenvalue weighted by molar-refractivity contribution is 7.93. The van der Waals surface area contributed by atoms with E-state index in [1.54, 1.807) is 0 Å². The van der Waals surface area contributed by atoms with E-state index in [0.29, 0.717) is 0 Å². The van der Waals surface area contributed by atoms with E-state index in [0.717, 1.165) is 3.71 Å². The van der Waals surface area contributed by atoms with Gasteiger partial charge in [0.2, 0.25) is 0 Å². The molecule has 0 aromatic rings. The monoisotopic (exact) mass is 175 g/mol. The van der Waals surface area contributed by atoms with Crippen molar-refractivity contribution in [2.45, 2.75) is 0 Å². The minimum atomic E-state index is -0.940. The van der Waals surface area contributed by atoms with Crippen molar-refractivity contribution in [3.8, 4) is 0 Å². The molecule has 0 aliphatic rings. The van der Waals surface area contributed by atoms with Crippen LogP contribution in [0.1, 0.15) is 0 Å². The van der Waals surface area contributed by atoms with E-state index in [4.69, 9.17) is 5.11 Å². The van der Waals surface area contributed by atoms with Gasteiger partial charge in [-0.1, -0.05) is 25.6 Å². The van der Waals surface area contributed by atoms with Gasteiger partial charge in [0.15, 0.2) is 0 Å². The molecule has 50 valence electrons. The summed E-state index contributed by atoms with van der Waals surface area (Å²) in [7, 11) is 0. The maximum Gasteiger partial charge on any atom is 0.319 e. The molecule has 0 aromatic carbocycles. The Bertz CT molecular complexity index is 78.4. The number of carboxylic acid groups (broad SMARTS) is 1. The summed E-state index contributed by atoms with van der Waals surface area (Å²) in [4.78, 5) is 9.67. The van der Waals surface area contributed by atoms with Gasteiger partial charge in [-0.25, -0.2) is 0 Å². The second-order valence-electron chi connectivity index (χ2n) is 0.924. The molecule has 0 aliphatic heterocycles. The summed E-state index contributed by atoms with van der Waals surface area (Å²) in [6, 6.07) is 0. The third-order valence-corrected chi connectivity index (χ3v) is 0.560. The van der Waals surface area contributed by atoms with Crippen molar-refractivity contribution >= 4 is 44.0 Å². The maximum absolute atomic E-state index is 9.67. The predicted molar refractivity (Wildman–Crippen MR) is 39.6 cm³/mol. The molecule has 0 saturated heterocycles. The third kappa shape index (κ3) is 9.65. The SMILES string of the molecule is Cl.O=C(O)CN(S)S. The first-order valence-corrected chi connectivity index (χ1v) is 2.30. The van der Waals surface area contributed by atoms with Gasteiger partial charge in [-0.3, -0.25) is 4.79 Å². The Labute approximate surface area is 64.6 Å². The molecule has 1 N–H and O–H groups in total. The zero-order chi connectivity index (χ0) is 5.86. The van der Waals surface area contributed by atoms with Crippen LogP contribution in [0.25, 0.3) is 0 Å². The topological polar surface area (TPSA) is 40.5 Å². The molecule has 0 radical (unpaired) electrons. The molecule has 8 heavy (non-hydrogen) atoms. The van der Waals surface area contributed by atoms with Crippen LogP contribution in [0.2, 0.25) is 0 Å². The molecule has 0 rings (SSSR count). The fourth-order valence-electron chi connectivity index (χ4n) is 0.121. The molecule has 0 amide bonds. The molecule has 0 bridgehead atoms. The molecule has 0 atom stereocenters. The average molecular weight is 176 g/mol. The highest BCUT2D eigenvalue weighted by atomic mass is 35.5. The van der Waals surface area contributed by atoms with Gasteiger partial charge in [0, 0.05) is 0 Å². The summed E-state index contributed by atoms with van der Waals surface area (Å²) in [5.41, 5.74) is 0. The normalized spacial score (nSPS) is 8.38. The van der Waals surface area contributed by atoms with Gasteiger partial charge in [0.05, 0.1) is 0 Å². The Hall–Kier alpha value is 0.420. The van der Waals surface area contributed by atoms with Gasteiger partial charge < -0.3 is 5.11 Å². The standard InChI is InChI=1S/C2H5NO2S2.ClH/c4-2(5)1-3(6)7;/h6-7H,1H2,(H,4,5);1H. The minimum Gasteiger partial charge on any atom is -0.480 e. The molecule has 0 heterocycles. The lowest BCUT2D eigenvalue weighted by Gasteiger charge is -1.98. The quantitative estimate of drug-likeness (QED) is 0.535. The number of thiol groups is 2. The van der Waals surface area contributed by atoms with E-state index in [-0.39, 0.29) is 19.0 Å². The van der Waals surface area contributed by atoms with Crippen molar-refractivity contribution in [1.82, 2.24) is 3.71 Å². The van der Waals surface area contributed by atoms with Crippen LogP contribution < -0.4 is 0 Å². The second-order valence-corrected chi connectivity index (χ2v) is 2.21. The number of hydrogen-bond acceptors (Lipinski definition) is 4. The van der Waals surface area contributed by atoms with Crippen molar-refractivity contribution in [2.75, 3.05) is 6.54 Å². The molecule has 0 saturated carbocycles. The van der Waals surface area contributed by atoms with Crippen molar-refractivity contribution in [1.29, 1.82) is 0 Å². The Kier molecular flexibility index (Phi) is 7.81. The zero-order valence-corrected chi connectivity index (χ0v) is 6.42. The first-order valence-electron chi connectivity index (χ1n) is 1.50. The molecule has 0 spiro atoms. The Morgan fingerprint density at radius 1 is 1.62 bits per heavy atom. The van der Waals surface area contributed by atoms with Crippen LogP contribution >= 0.6 is 38.0 Å². The molecule has 6 heteroatoms. The maximum atomic E-state index is 9.67. The van der Waals surface area contributed by atoms with Crippen LogP contribution in [0.4, 0.5) is 0 Å². The number of aliphatic carboxylic acids is 1. The lowest BCUT2D eigenvalue weighted by molar-refractivity contribution is -0.136. The first kappa shape index (κ1) is 11.2. The van der Waals surface area contributed by atoms with Gasteiger partial charge >= 0.3 is 5.97 Å². The van der Waals surface area contributed by atoms with Gasteiger partial charge in [0.25, 0.3) is 0 Å². The van der Waals surface area contributed by atoms with E-state index in [1.807, 2.05) is 0 Å². The van der Waals surface area contributed by atoms with Crippen LogP contribution in [-0.2, 0) is 4.79 Å². The fourth-order valence-corrected chi connectivity index (χ4v) is 0.363. The number of hydrogen-bond donors (Lipinski definition) is 3. The van der Waals surface area contributed by atoms with Crippen molar-refractivity contribution < 1.29 is 9.90 Å². The number of carbonyl (C=O) groups is 1. The molecular weight excluding hydrogens is 170 g/mol. The highest BCUT2D eigenvalue weighted by Crippen LogP contribution is 1.93. The molecule has 0 aromatic heterocycles. The molecule has 0 aliphatic carbocycles. The van der Waals surface area contributed by atoms with E-state index in [9.17, 15) is 4.79 Å². The lowest BCUT2D eigenvalue weighted by Crippen LogP contribution is -2.11. The number of nitrogens with zero attached hydrogens (tertiary/aromatic N) is 1. The van der Waals surface area contributed by atoms with Crippen LogP contribution in [0.5, 0.6) is 0 Å². The van der Waals surface area contributed by atoms with Crippen molar-refractivity contribution in [2.24, 2.45) is 0 Å². The van der Waals surface area contributed by atoms with Gasteiger partial charge in [0.1, 0.15) is 6.54 Å². The number of rotatable bonds is 2. The van der Waals surface area contributed by atoms with Gasteiger partial charge in [-0.15, -0.1) is 12.4 Å². The average Bonchev–Trinajstić information content (AvgIpc) is 1.27. The summed E-state index contributed by atoms with van der Waals surface area (Å²) < 4.78 is 0.988. The van der Waals surface area contributed by atoms with E-state index >= 15 is 0 Å². The number of halogens is 1. The van der Waals surface area contributed by atoms with Crippen LogP contribution in [0.15, 0.2) is 0 Å². The van der Waals surface area contributed by atoms with Crippen molar-refractivity contribution in [3.63, 3.8) is 0 Å². The smallest absolute Gasteiger partial charge is 0.319 e. The summed E-state index contributed by atoms with van der Waals surface area (Å²) in [5, 5.41) is 7.94. The second kappa shape index (κ2) is 5.55. The highest BCUT2D eigenvalue weighted by Gasteiger charge is 1.96. The first-order chi connectivity index (χ1) is 3.13. The molecule has 0 unspecified atom stereocenters. The van der Waals surface area contributed by atoms with Gasteiger partial charge in [-0.2, -0.15) is 3.71 Å². The number of carboxylic acids is 1. The summed E-state index contributed by atoms with van der Waals surface area (Å²) >= 11 is 7.11. The van der Waals surface area contributed by atoms with E-state index in [2.05, 4.69) is 25.6 Å². The largest absolute Gasteiger partial charge is 0.480 e. The van der Waals surface area contributed by atoms with Crippen molar-refractivity contribution in [3.05, 3.63) is 0 Å².